The molecule has 0 unspecified atom stereocenters. The largest absolute Gasteiger partial charge is 0.367 e. The van der Waals surface area contributed by atoms with Gasteiger partial charge in [0.2, 0.25) is 0 Å². The molecule has 1 fully saturated rings. The van der Waals surface area contributed by atoms with Gasteiger partial charge in [0.15, 0.2) is 5.65 Å². The quantitative estimate of drug-likeness (QED) is 0.687. The Bertz CT molecular complexity index is 962. The van der Waals surface area contributed by atoms with Crippen molar-refractivity contribution in [3.8, 4) is 0 Å². The lowest BCUT2D eigenvalue weighted by molar-refractivity contribution is 0.119. The smallest absolute Gasteiger partial charge is 0.269 e. The van der Waals surface area contributed by atoms with Gasteiger partial charge < -0.3 is 9.80 Å². The fourth-order valence-electron chi connectivity index (χ4n) is 3.04. The zero-order valence-corrected chi connectivity index (χ0v) is 13.9. The van der Waals surface area contributed by atoms with E-state index in [1.54, 1.807) is 10.7 Å². The van der Waals surface area contributed by atoms with Crippen molar-refractivity contribution in [1.29, 1.82) is 0 Å². The Morgan fingerprint density at radius 2 is 1.85 bits per heavy atom. The van der Waals surface area contributed by atoms with Crippen molar-refractivity contribution < 1.29 is 8.78 Å². The highest BCUT2D eigenvalue weighted by Crippen LogP contribution is 2.18. The first-order valence-electron chi connectivity index (χ1n) is 8.26. The zero-order chi connectivity index (χ0) is 18.1. The lowest BCUT2D eigenvalue weighted by atomic mass is 10.3. The highest BCUT2D eigenvalue weighted by atomic mass is 19.3. The molecule has 0 radical (unpaired) electrons. The van der Waals surface area contributed by atoms with E-state index in [0.29, 0.717) is 18.8 Å². The maximum Gasteiger partial charge on any atom is 0.269 e. The summed E-state index contributed by atoms with van der Waals surface area (Å²) < 4.78 is 27.3. The first-order valence-corrected chi connectivity index (χ1v) is 8.26. The van der Waals surface area contributed by atoms with Crippen molar-refractivity contribution >= 4 is 17.2 Å². The van der Waals surface area contributed by atoms with E-state index in [0.717, 1.165) is 29.2 Å². The number of alkyl halides is 2. The lowest BCUT2D eigenvalue weighted by Crippen LogP contribution is -2.47. The molecule has 1 saturated heterocycles. The van der Waals surface area contributed by atoms with E-state index in [-0.39, 0.29) is 0 Å². The second-order valence-corrected chi connectivity index (χ2v) is 6.02. The van der Waals surface area contributed by atoms with Crippen molar-refractivity contribution in [3.63, 3.8) is 0 Å². The van der Waals surface area contributed by atoms with E-state index >= 15 is 0 Å². The Labute approximate surface area is 147 Å². The normalized spacial score (nSPS) is 15.2. The summed E-state index contributed by atoms with van der Waals surface area (Å²) in [4.78, 5) is 20.7. The summed E-state index contributed by atoms with van der Waals surface area (Å²) in [6.07, 6.45) is 2.44. The molecule has 1 aliphatic rings. The number of hydrogen-bond donors (Lipinski definition) is 0. The number of anilines is 2. The first-order chi connectivity index (χ1) is 12.6. The summed E-state index contributed by atoms with van der Waals surface area (Å²) in [5.41, 5.74) is 0.925. The molecule has 3 aromatic heterocycles. The van der Waals surface area contributed by atoms with Crippen molar-refractivity contribution in [2.45, 2.75) is 13.0 Å². The Balaban J connectivity index is 1.44. The molecule has 0 bridgehead atoms. The molecule has 4 heterocycles. The Morgan fingerprint density at radius 3 is 2.58 bits per heavy atom. The van der Waals surface area contributed by atoms with Gasteiger partial charge in [0.25, 0.3) is 12.0 Å². The van der Waals surface area contributed by atoms with Crippen LogP contribution in [0.25, 0.3) is 5.65 Å². The molecule has 0 atom stereocenters. The van der Waals surface area contributed by atoms with Crippen LogP contribution in [-0.2, 0) is 6.54 Å². The maximum atomic E-state index is 12.4. The van der Waals surface area contributed by atoms with Gasteiger partial charge >= 0.3 is 0 Å². The molecule has 3 aromatic rings. The predicted octanol–water partition coefficient (Wildman–Crippen LogP) is 0.878. The van der Waals surface area contributed by atoms with Gasteiger partial charge in [0.05, 0.1) is 18.1 Å². The van der Waals surface area contributed by atoms with Crippen LogP contribution in [-0.4, -0.2) is 57.0 Å². The van der Waals surface area contributed by atoms with Gasteiger partial charge in [0, 0.05) is 44.5 Å². The van der Waals surface area contributed by atoms with Crippen LogP contribution in [0.2, 0.25) is 0 Å². The number of hydrogen-bond acceptors (Lipinski definition) is 6. The van der Waals surface area contributed by atoms with Gasteiger partial charge in [-0.3, -0.25) is 4.79 Å². The van der Waals surface area contributed by atoms with Crippen molar-refractivity contribution in [2.24, 2.45) is 0 Å². The van der Waals surface area contributed by atoms with E-state index in [1.165, 1.54) is 12.3 Å². The molecule has 0 spiro atoms. The number of aromatic nitrogens is 5. The molecule has 10 heteroatoms. The molecule has 0 N–H and O–H groups in total. The number of fused-ring (bicyclic) bond motifs is 1. The number of halogens is 2. The maximum absolute atomic E-state index is 12.4. The lowest BCUT2D eigenvalue weighted by Gasteiger charge is -2.36. The van der Waals surface area contributed by atoms with Gasteiger partial charge in [0.1, 0.15) is 12.4 Å². The average Bonchev–Trinajstić information content (AvgIpc) is 3.11. The van der Waals surface area contributed by atoms with Crippen LogP contribution < -0.4 is 15.4 Å². The molecule has 136 valence electrons. The van der Waals surface area contributed by atoms with Crippen LogP contribution in [0.15, 0.2) is 41.6 Å². The molecule has 4 rings (SSSR count). The Hall–Kier alpha value is -3.04. The highest BCUT2D eigenvalue weighted by molar-refractivity contribution is 5.50. The summed E-state index contributed by atoms with van der Waals surface area (Å²) in [6, 6.07) is 5.13. The molecule has 26 heavy (non-hydrogen) atoms. The van der Waals surface area contributed by atoms with Gasteiger partial charge in [-0.05, 0) is 6.07 Å². The summed E-state index contributed by atoms with van der Waals surface area (Å²) in [7, 11) is 0. The minimum Gasteiger partial charge on any atom is -0.367 e. The topological polar surface area (TPSA) is 71.6 Å². The fourth-order valence-corrected chi connectivity index (χ4v) is 3.04. The van der Waals surface area contributed by atoms with Gasteiger partial charge in [-0.15, -0.1) is 0 Å². The predicted molar refractivity (Wildman–Crippen MR) is 91.9 cm³/mol. The van der Waals surface area contributed by atoms with Crippen LogP contribution in [0.3, 0.4) is 0 Å². The van der Waals surface area contributed by atoms with E-state index in [2.05, 4.69) is 20.1 Å². The SMILES string of the molecule is O=c1cc(N2CCN(c3ccn4nccc4n3)CC2)cnn1CC(F)F. The van der Waals surface area contributed by atoms with E-state index in [9.17, 15) is 13.6 Å². The van der Waals surface area contributed by atoms with E-state index in [4.69, 9.17) is 0 Å². The molecule has 1 aliphatic heterocycles. The Morgan fingerprint density at radius 1 is 1.08 bits per heavy atom. The van der Waals surface area contributed by atoms with Crippen molar-refractivity contribution in [3.05, 3.63) is 47.1 Å². The average molecular weight is 361 g/mol. The summed E-state index contributed by atoms with van der Waals surface area (Å²) >= 11 is 0. The second kappa shape index (κ2) is 6.70. The van der Waals surface area contributed by atoms with Gasteiger partial charge in [-0.1, -0.05) is 0 Å². The van der Waals surface area contributed by atoms with Crippen LogP contribution in [0, 0.1) is 0 Å². The third-order valence-corrected chi connectivity index (χ3v) is 4.38. The number of nitrogens with zero attached hydrogens (tertiary/aromatic N) is 7. The van der Waals surface area contributed by atoms with Crippen LogP contribution in [0.1, 0.15) is 0 Å². The third-order valence-electron chi connectivity index (χ3n) is 4.38. The minimum atomic E-state index is -2.60. The number of rotatable bonds is 4. The molecule has 0 aliphatic carbocycles. The molecular formula is C16H17F2N7O. The first kappa shape index (κ1) is 16.4. The van der Waals surface area contributed by atoms with E-state index < -0.39 is 18.5 Å². The third kappa shape index (κ3) is 3.22. The van der Waals surface area contributed by atoms with Gasteiger partial charge in [-0.2, -0.15) is 10.2 Å². The Kier molecular flexibility index (Phi) is 4.23. The summed E-state index contributed by atoms with van der Waals surface area (Å²) in [6.45, 7) is 2.16. The van der Waals surface area contributed by atoms with Crippen LogP contribution in [0.5, 0.6) is 0 Å². The molecule has 0 aromatic carbocycles. The molecule has 8 nitrogen and oxygen atoms in total. The van der Waals surface area contributed by atoms with E-state index in [1.807, 2.05) is 23.2 Å². The molecule has 0 amide bonds. The number of piperazine rings is 1. The molecule has 0 saturated carbocycles. The summed E-state index contributed by atoms with van der Waals surface area (Å²) in [5, 5.41) is 7.98. The monoisotopic (exact) mass is 361 g/mol. The van der Waals surface area contributed by atoms with Crippen molar-refractivity contribution in [2.75, 3.05) is 36.0 Å². The standard InChI is InChI=1S/C16H17F2N7O/c17-13(18)11-25-16(26)9-12(10-20-25)22-5-7-23(8-6-22)14-2-4-24-15(21-14)1-3-19-24/h1-4,9-10,13H,5-8,11H2. The minimum absolute atomic E-state index is 0.516. The van der Waals surface area contributed by atoms with Crippen LogP contribution >= 0.6 is 0 Å². The highest BCUT2D eigenvalue weighted by Gasteiger charge is 2.20. The van der Waals surface area contributed by atoms with Gasteiger partial charge in [-0.25, -0.2) is 23.0 Å². The molecular weight excluding hydrogens is 344 g/mol. The van der Waals surface area contributed by atoms with Crippen molar-refractivity contribution in [1.82, 2.24) is 24.4 Å². The summed E-state index contributed by atoms with van der Waals surface area (Å²) in [5.74, 6) is 0.878. The van der Waals surface area contributed by atoms with Crippen LogP contribution in [0.4, 0.5) is 20.3 Å². The fraction of sp³-hybridized carbons (Fsp3) is 0.375. The zero-order valence-electron chi connectivity index (χ0n) is 13.9. The second-order valence-electron chi connectivity index (χ2n) is 6.02.